The summed E-state index contributed by atoms with van der Waals surface area (Å²) in [5.41, 5.74) is 2.29. The molecule has 29 heavy (non-hydrogen) atoms. The topological polar surface area (TPSA) is 81.9 Å². The van der Waals surface area contributed by atoms with Gasteiger partial charge in [0, 0.05) is 30.5 Å². The van der Waals surface area contributed by atoms with E-state index >= 15 is 0 Å². The maximum absolute atomic E-state index is 13.0. The number of hydrogen-bond acceptors (Lipinski definition) is 5. The zero-order valence-corrected chi connectivity index (χ0v) is 15.7. The molecule has 1 amide bonds. The summed E-state index contributed by atoms with van der Waals surface area (Å²) >= 11 is 0. The van der Waals surface area contributed by atoms with Crippen molar-refractivity contribution in [3.05, 3.63) is 90.4 Å². The first kappa shape index (κ1) is 18.1. The fraction of sp³-hybridized carbons (Fsp3) is 0.0435. The van der Waals surface area contributed by atoms with Gasteiger partial charge in [-0.15, -0.1) is 0 Å². The molecule has 2 heterocycles. The van der Waals surface area contributed by atoms with E-state index < -0.39 is 0 Å². The van der Waals surface area contributed by atoms with Crippen LogP contribution in [0.3, 0.4) is 0 Å². The molecule has 0 aliphatic heterocycles. The van der Waals surface area contributed by atoms with E-state index in [-0.39, 0.29) is 5.91 Å². The summed E-state index contributed by atoms with van der Waals surface area (Å²) < 4.78 is 0. The number of carbonyl (C=O) groups excluding carboxylic acids is 1. The molecule has 0 spiro atoms. The number of amides is 1. The Kier molecular flexibility index (Phi) is 4.87. The fourth-order valence-electron chi connectivity index (χ4n) is 3.12. The maximum Gasteiger partial charge on any atom is 0.258 e. The van der Waals surface area contributed by atoms with Crippen LogP contribution in [0.1, 0.15) is 16.1 Å². The highest BCUT2D eigenvalue weighted by atomic mass is 16.1. The van der Waals surface area contributed by atoms with Gasteiger partial charge in [0.15, 0.2) is 0 Å². The molecular formula is C23H17N5O. The number of rotatable bonds is 4. The first-order valence-electron chi connectivity index (χ1n) is 9.01. The predicted octanol–water partition coefficient (Wildman–Crippen LogP) is 4.52. The van der Waals surface area contributed by atoms with Gasteiger partial charge < -0.3 is 10.2 Å². The van der Waals surface area contributed by atoms with Crippen LogP contribution in [0.25, 0.3) is 10.8 Å². The van der Waals surface area contributed by atoms with Crippen molar-refractivity contribution in [3.63, 3.8) is 0 Å². The molecule has 0 bridgehead atoms. The Labute approximate surface area is 168 Å². The molecule has 1 N–H and O–H groups in total. The van der Waals surface area contributed by atoms with Crippen molar-refractivity contribution in [2.24, 2.45) is 0 Å². The average molecular weight is 379 g/mol. The molecule has 0 atom stereocenters. The summed E-state index contributed by atoms with van der Waals surface area (Å²) in [6, 6.07) is 22.5. The highest BCUT2D eigenvalue weighted by molar-refractivity contribution is 6.08. The van der Waals surface area contributed by atoms with Gasteiger partial charge in [-0.2, -0.15) is 5.26 Å². The molecule has 4 rings (SSSR count). The van der Waals surface area contributed by atoms with Crippen LogP contribution in [0, 0.1) is 11.3 Å². The Morgan fingerprint density at radius 2 is 1.76 bits per heavy atom. The average Bonchev–Trinajstić information content (AvgIpc) is 2.78. The van der Waals surface area contributed by atoms with Crippen molar-refractivity contribution in [2.75, 3.05) is 17.3 Å². The first-order valence-corrected chi connectivity index (χ1v) is 9.01. The fourth-order valence-corrected chi connectivity index (χ4v) is 3.12. The largest absolute Gasteiger partial charge is 0.344 e. The van der Waals surface area contributed by atoms with Crippen LogP contribution in [0.15, 0.2) is 79.1 Å². The minimum absolute atomic E-state index is 0.259. The summed E-state index contributed by atoms with van der Waals surface area (Å²) in [6.07, 6.45) is 3.31. The van der Waals surface area contributed by atoms with Crippen LogP contribution in [-0.4, -0.2) is 22.9 Å². The quantitative estimate of drug-likeness (QED) is 0.564. The molecule has 4 aromatic rings. The number of nitriles is 1. The molecule has 6 nitrogen and oxygen atoms in total. The van der Waals surface area contributed by atoms with Crippen molar-refractivity contribution in [3.8, 4) is 6.07 Å². The standard InChI is InChI=1S/C23H17N5O/c1-28(19-10-11-25-18(13-19)14-24)21-9-5-4-8-20(21)23(29)27-22-12-16-6-2-3-7-17(16)15-26-22/h2-13,15H,1H3,(H,26,27,29). The van der Waals surface area contributed by atoms with E-state index in [0.717, 1.165) is 16.5 Å². The zero-order chi connectivity index (χ0) is 20.2. The van der Waals surface area contributed by atoms with E-state index in [1.165, 1.54) is 0 Å². The molecule has 2 aromatic heterocycles. The number of anilines is 3. The lowest BCUT2D eigenvalue weighted by molar-refractivity contribution is 0.102. The minimum Gasteiger partial charge on any atom is -0.344 e. The normalized spacial score (nSPS) is 10.3. The van der Waals surface area contributed by atoms with Gasteiger partial charge in [0.2, 0.25) is 0 Å². The zero-order valence-electron chi connectivity index (χ0n) is 15.7. The monoisotopic (exact) mass is 379 g/mol. The summed E-state index contributed by atoms with van der Waals surface area (Å²) in [6.45, 7) is 0. The molecule has 0 fully saturated rings. The summed E-state index contributed by atoms with van der Waals surface area (Å²) in [7, 11) is 1.84. The van der Waals surface area contributed by atoms with Gasteiger partial charge in [0.05, 0.1) is 11.3 Å². The molecule has 0 aliphatic rings. The Morgan fingerprint density at radius 3 is 2.59 bits per heavy atom. The van der Waals surface area contributed by atoms with Crippen molar-refractivity contribution in [2.45, 2.75) is 0 Å². The minimum atomic E-state index is -0.259. The summed E-state index contributed by atoms with van der Waals surface area (Å²) in [5.74, 6) is 0.228. The van der Waals surface area contributed by atoms with Crippen LogP contribution in [0.2, 0.25) is 0 Å². The number of carbonyl (C=O) groups is 1. The molecule has 0 saturated carbocycles. The second-order valence-corrected chi connectivity index (χ2v) is 6.46. The maximum atomic E-state index is 13.0. The van der Waals surface area contributed by atoms with Crippen LogP contribution < -0.4 is 10.2 Å². The first-order chi connectivity index (χ1) is 14.2. The number of nitrogens with one attached hydrogen (secondary N) is 1. The van der Waals surface area contributed by atoms with Gasteiger partial charge in [-0.1, -0.05) is 36.4 Å². The third-order valence-electron chi connectivity index (χ3n) is 4.63. The van der Waals surface area contributed by atoms with Crippen molar-refractivity contribution in [1.29, 1.82) is 5.26 Å². The Balaban J connectivity index is 1.64. The summed E-state index contributed by atoms with van der Waals surface area (Å²) in [4.78, 5) is 23.2. The molecular weight excluding hydrogens is 362 g/mol. The number of aromatic nitrogens is 2. The van der Waals surface area contributed by atoms with Crippen molar-refractivity contribution >= 4 is 33.9 Å². The van der Waals surface area contributed by atoms with E-state index in [9.17, 15) is 4.79 Å². The third-order valence-corrected chi connectivity index (χ3v) is 4.63. The lowest BCUT2D eigenvalue weighted by Crippen LogP contribution is -2.19. The second-order valence-electron chi connectivity index (χ2n) is 6.46. The Morgan fingerprint density at radius 1 is 1.00 bits per heavy atom. The molecule has 6 heteroatoms. The van der Waals surface area contributed by atoms with Gasteiger partial charge in [-0.05, 0) is 35.7 Å². The van der Waals surface area contributed by atoms with Crippen molar-refractivity contribution in [1.82, 2.24) is 9.97 Å². The van der Waals surface area contributed by atoms with Crippen LogP contribution in [0.5, 0.6) is 0 Å². The number of fused-ring (bicyclic) bond motifs is 1. The lowest BCUT2D eigenvalue weighted by Gasteiger charge is -2.22. The molecule has 2 aromatic carbocycles. The second kappa shape index (κ2) is 7.79. The summed E-state index contributed by atoms with van der Waals surface area (Å²) in [5, 5.41) is 14.0. The van der Waals surface area contributed by atoms with Crippen molar-refractivity contribution < 1.29 is 4.79 Å². The van der Waals surface area contributed by atoms with E-state index in [2.05, 4.69) is 15.3 Å². The molecule has 0 aliphatic carbocycles. The molecule has 140 valence electrons. The van der Waals surface area contributed by atoms with Gasteiger partial charge in [0.1, 0.15) is 17.6 Å². The van der Waals surface area contributed by atoms with Gasteiger partial charge in [-0.3, -0.25) is 4.79 Å². The van der Waals surface area contributed by atoms with E-state index in [4.69, 9.17) is 5.26 Å². The SMILES string of the molecule is CN(c1ccnc(C#N)c1)c1ccccc1C(=O)Nc1cc2ccccc2cn1. The van der Waals surface area contributed by atoms with Crippen LogP contribution >= 0.6 is 0 Å². The predicted molar refractivity (Wildman–Crippen MR) is 113 cm³/mol. The van der Waals surface area contributed by atoms with Gasteiger partial charge in [-0.25, -0.2) is 9.97 Å². The number of benzene rings is 2. The number of para-hydroxylation sites is 1. The highest BCUT2D eigenvalue weighted by Gasteiger charge is 2.16. The van der Waals surface area contributed by atoms with Gasteiger partial charge >= 0.3 is 0 Å². The number of nitrogens with zero attached hydrogens (tertiary/aromatic N) is 4. The highest BCUT2D eigenvalue weighted by Crippen LogP contribution is 2.28. The third kappa shape index (κ3) is 3.75. The van der Waals surface area contributed by atoms with Crippen LogP contribution in [0.4, 0.5) is 17.2 Å². The smallest absolute Gasteiger partial charge is 0.258 e. The van der Waals surface area contributed by atoms with Gasteiger partial charge in [0.25, 0.3) is 5.91 Å². The van der Waals surface area contributed by atoms with E-state index in [0.29, 0.717) is 22.8 Å². The lowest BCUT2D eigenvalue weighted by atomic mass is 10.1. The molecule has 0 saturated heterocycles. The Bertz CT molecular complexity index is 1250. The van der Waals surface area contributed by atoms with Crippen LogP contribution in [-0.2, 0) is 0 Å². The Hall–Kier alpha value is -4.24. The van der Waals surface area contributed by atoms with E-state index in [1.54, 1.807) is 30.6 Å². The number of hydrogen-bond donors (Lipinski definition) is 1. The molecule has 0 unspecified atom stereocenters. The number of pyridine rings is 2. The van der Waals surface area contributed by atoms with E-state index in [1.807, 2.05) is 66.5 Å². The molecule has 0 radical (unpaired) electrons.